The normalized spacial score (nSPS) is 26.0. The van der Waals surface area contributed by atoms with Gasteiger partial charge in [-0.1, -0.05) is 0 Å². The van der Waals surface area contributed by atoms with Crippen LogP contribution in [0.2, 0.25) is 0 Å². The van der Waals surface area contributed by atoms with Crippen LogP contribution in [0.25, 0.3) is 0 Å². The van der Waals surface area contributed by atoms with Crippen LogP contribution in [0.1, 0.15) is 15.9 Å². The smallest absolute Gasteiger partial charge is 0.335 e. The van der Waals surface area contributed by atoms with Gasteiger partial charge in [-0.05, 0) is 30.7 Å². The van der Waals surface area contributed by atoms with Gasteiger partial charge >= 0.3 is 5.97 Å². The molecular weight excluding hydrogens is 294 g/mol. The van der Waals surface area contributed by atoms with E-state index >= 15 is 0 Å². The van der Waals surface area contributed by atoms with Crippen molar-refractivity contribution in [2.75, 3.05) is 26.3 Å². The second kappa shape index (κ2) is 5.08. The lowest BCUT2D eigenvalue weighted by Gasteiger charge is -2.18. The summed E-state index contributed by atoms with van der Waals surface area (Å²) in [6.45, 7) is 3.80. The van der Waals surface area contributed by atoms with E-state index in [0.29, 0.717) is 31.9 Å². The van der Waals surface area contributed by atoms with Gasteiger partial charge in [0.25, 0.3) is 0 Å². The van der Waals surface area contributed by atoms with Crippen molar-refractivity contribution in [3.05, 3.63) is 29.3 Å². The Bertz CT molecular complexity index is 673. The Balaban J connectivity index is 1.89. The first kappa shape index (κ1) is 14.5. The van der Waals surface area contributed by atoms with Crippen LogP contribution in [-0.4, -0.2) is 50.1 Å². The monoisotopic (exact) mass is 311 g/mol. The molecular formula is C14H17NO5S. The van der Waals surface area contributed by atoms with Crippen LogP contribution in [0.15, 0.2) is 23.1 Å². The quantitative estimate of drug-likeness (QED) is 0.899. The predicted octanol–water partition coefficient (Wildman–Crippen LogP) is 0.960. The summed E-state index contributed by atoms with van der Waals surface area (Å²) < 4.78 is 32.1. The summed E-state index contributed by atoms with van der Waals surface area (Å²) in [5.41, 5.74) is 0.576. The molecule has 0 radical (unpaired) electrons. The van der Waals surface area contributed by atoms with E-state index in [0.717, 1.165) is 0 Å². The molecule has 1 aromatic rings. The Hall–Kier alpha value is -1.44. The number of nitrogens with zero attached hydrogens (tertiary/aromatic N) is 1. The van der Waals surface area contributed by atoms with Gasteiger partial charge < -0.3 is 9.84 Å². The zero-order valence-electron chi connectivity index (χ0n) is 11.7. The molecule has 0 unspecified atom stereocenters. The number of ether oxygens (including phenoxy) is 1. The molecule has 0 saturated carbocycles. The summed E-state index contributed by atoms with van der Waals surface area (Å²) in [5.74, 6) is -0.498. The van der Waals surface area contributed by atoms with Gasteiger partial charge in [-0.3, -0.25) is 0 Å². The van der Waals surface area contributed by atoms with Crippen molar-refractivity contribution >= 4 is 16.0 Å². The van der Waals surface area contributed by atoms with E-state index in [1.165, 1.54) is 22.5 Å². The van der Waals surface area contributed by atoms with Crippen molar-refractivity contribution in [2.45, 2.75) is 11.8 Å². The number of hydrogen-bond donors (Lipinski definition) is 1. The van der Waals surface area contributed by atoms with Crippen LogP contribution < -0.4 is 0 Å². The Morgan fingerprint density at radius 3 is 2.43 bits per heavy atom. The number of rotatable bonds is 3. The van der Waals surface area contributed by atoms with Crippen molar-refractivity contribution in [3.63, 3.8) is 0 Å². The Kier molecular flexibility index (Phi) is 3.51. The number of carboxylic acid groups (broad SMARTS) is 1. The summed E-state index contributed by atoms with van der Waals surface area (Å²) >= 11 is 0. The average molecular weight is 311 g/mol. The number of carboxylic acids is 1. The van der Waals surface area contributed by atoms with E-state index < -0.39 is 16.0 Å². The number of fused-ring (bicyclic) bond motifs is 1. The predicted molar refractivity (Wildman–Crippen MR) is 74.7 cm³/mol. The third-order valence-electron chi connectivity index (χ3n) is 4.27. The fourth-order valence-corrected chi connectivity index (χ4v) is 4.67. The van der Waals surface area contributed by atoms with Crippen LogP contribution in [0.5, 0.6) is 0 Å². The van der Waals surface area contributed by atoms with Crippen molar-refractivity contribution in [3.8, 4) is 0 Å². The lowest BCUT2D eigenvalue weighted by molar-refractivity contribution is 0.0696. The molecule has 1 aromatic carbocycles. The van der Waals surface area contributed by atoms with Gasteiger partial charge in [0.1, 0.15) is 0 Å². The highest BCUT2D eigenvalue weighted by Crippen LogP contribution is 2.33. The minimum Gasteiger partial charge on any atom is -0.478 e. The number of sulfonamides is 1. The first-order chi connectivity index (χ1) is 9.89. The second-order valence-corrected chi connectivity index (χ2v) is 7.60. The molecule has 0 amide bonds. The van der Waals surface area contributed by atoms with Crippen LogP contribution in [0.4, 0.5) is 0 Å². The van der Waals surface area contributed by atoms with Gasteiger partial charge in [0.05, 0.1) is 23.7 Å². The highest BCUT2D eigenvalue weighted by molar-refractivity contribution is 7.89. The van der Waals surface area contributed by atoms with E-state index in [2.05, 4.69) is 0 Å². The van der Waals surface area contributed by atoms with E-state index in [4.69, 9.17) is 9.84 Å². The molecule has 3 rings (SSSR count). The lowest BCUT2D eigenvalue weighted by atomic mass is 10.0. The van der Waals surface area contributed by atoms with Crippen molar-refractivity contribution in [2.24, 2.45) is 11.8 Å². The average Bonchev–Trinajstić information content (AvgIpc) is 2.98. The van der Waals surface area contributed by atoms with E-state index in [1.807, 2.05) is 0 Å². The van der Waals surface area contributed by atoms with E-state index in [1.54, 1.807) is 6.92 Å². The Morgan fingerprint density at radius 2 is 1.90 bits per heavy atom. The molecule has 7 heteroatoms. The lowest BCUT2D eigenvalue weighted by Crippen LogP contribution is -2.30. The molecule has 2 heterocycles. The Labute approximate surface area is 123 Å². The molecule has 2 fully saturated rings. The summed E-state index contributed by atoms with van der Waals surface area (Å²) in [5, 5.41) is 9.01. The summed E-state index contributed by atoms with van der Waals surface area (Å²) in [4.78, 5) is 11.2. The molecule has 2 atom stereocenters. The summed E-state index contributed by atoms with van der Waals surface area (Å²) in [6.07, 6.45) is 0. The van der Waals surface area contributed by atoms with Gasteiger partial charge in [-0.2, -0.15) is 4.31 Å². The van der Waals surface area contributed by atoms with Crippen molar-refractivity contribution in [1.82, 2.24) is 4.31 Å². The van der Waals surface area contributed by atoms with Gasteiger partial charge in [0.2, 0.25) is 10.0 Å². The molecule has 2 aliphatic heterocycles. The van der Waals surface area contributed by atoms with Crippen molar-refractivity contribution < 1.29 is 23.1 Å². The van der Waals surface area contributed by atoms with Gasteiger partial charge in [-0.15, -0.1) is 0 Å². The van der Waals surface area contributed by atoms with Gasteiger partial charge in [0, 0.05) is 24.9 Å². The molecule has 0 spiro atoms. The maximum Gasteiger partial charge on any atom is 0.335 e. The van der Waals surface area contributed by atoms with Crippen LogP contribution in [-0.2, 0) is 14.8 Å². The van der Waals surface area contributed by atoms with Crippen molar-refractivity contribution in [1.29, 1.82) is 0 Å². The van der Waals surface area contributed by atoms with Crippen LogP contribution in [0.3, 0.4) is 0 Å². The maximum absolute atomic E-state index is 12.6. The third-order valence-corrected chi connectivity index (χ3v) is 6.10. The van der Waals surface area contributed by atoms with Gasteiger partial charge in [-0.25, -0.2) is 13.2 Å². The molecule has 0 aromatic heterocycles. The second-order valence-electron chi connectivity index (χ2n) is 5.66. The number of benzene rings is 1. The topological polar surface area (TPSA) is 83.9 Å². The first-order valence-electron chi connectivity index (χ1n) is 6.81. The molecule has 1 N–H and O–H groups in total. The highest BCUT2D eigenvalue weighted by atomic mass is 32.2. The minimum atomic E-state index is -3.56. The molecule has 2 saturated heterocycles. The number of aryl methyl sites for hydroxylation is 1. The Morgan fingerprint density at radius 1 is 1.29 bits per heavy atom. The van der Waals surface area contributed by atoms with E-state index in [-0.39, 0.29) is 22.3 Å². The molecule has 0 bridgehead atoms. The first-order valence-corrected chi connectivity index (χ1v) is 8.25. The molecule has 6 nitrogen and oxygen atoms in total. The molecule has 114 valence electrons. The zero-order chi connectivity index (χ0) is 15.2. The highest BCUT2D eigenvalue weighted by Gasteiger charge is 2.42. The third kappa shape index (κ3) is 2.45. The molecule has 2 aliphatic rings. The minimum absolute atomic E-state index is 0.126. The maximum atomic E-state index is 12.6. The van der Waals surface area contributed by atoms with Crippen LogP contribution in [0, 0.1) is 18.8 Å². The fourth-order valence-electron chi connectivity index (χ4n) is 3.03. The fraction of sp³-hybridized carbons (Fsp3) is 0.500. The molecule has 0 aliphatic carbocycles. The number of carbonyl (C=O) groups is 1. The summed E-state index contributed by atoms with van der Waals surface area (Å²) in [7, 11) is -3.56. The molecule has 21 heavy (non-hydrogen) atoms. The summed E-state index contributed by atoms with van der Waals surface area (Å²) in [6, 6.07) is 4.16. The number of aromatic carboxylic acids is 1. The SMILES string of the molecule is Cc1cc(S(=O)(=O)N2C[C@H]3COC[C@H]3C2)ccc1C(=O)O. The largest absolute Gasteiger partial charge is 0.478 e. The van der Waals surface area contributed by atoms with E-state index in [9.17, 15) is 13.2 Å². The zero-order valence-corrected chi connectivity index (χ0v) is 12.5. The standard InChI is InChI=1S/C14H17NO5S/c1-9-4-12(2-3-13(9)14(16)17)21(18,19)15-5-10-7-20-8-11(10)6-15/h2-4,10-11H,5-8H2,1H3,(H,16,17)/t10-,11+. The van der Waals surface area contributed by atoms with Gasteiger partial charge in [0.15, 0.2) is 0 Å². The number of hydrogen-bond acceptors (Lipinski definition) is 4. The van der Waals surface area contributed by atoms with Crippen LogP contribution >= 0.6 is 0 Å².